The number of aromatic nitrogens is 2. The molecule has 2 fully saturated rings. The van der Waals surface area contributed by atoms with Crippen LogP contribution in [0.1, 0.15) is 35.9 Å². The minimum absolute atomic E-state index is 0.518. The van der Waals surface area contributed by atoms with Gasteiger partial charge in [0.05, 0.1) is 19.3 Å². The summed E-state index contributed by atoms with van der Waals surface area (Å²) in [5, 5.41) is 6.71. The molecule has 1 N–H and O–H groups in total. The van der Waals surface area contributed by atoms with E-state index in [1.165, 1.54) is 24.3 Å². The van der Waals surface area contributed by atoms with Crippen LogP contribution >= 0.6 is 11.3 Å². The quantitative estimate of drug-likeness (QED) is 0.918. The highest BCUT2D eigenvalue weighted by atomic mass is 32.1. The molecule has 1 saturated heterocycles. The van der Waals surface area contributed by atoms with Gasteiger partial charge in [0.15, 0.2) is 0 Å². The van der Waals surface area contributed by atoms with Crippen molar-refractivity contribution in [2.24, 2.45) is 5.41 Å². The Kier molecular flexibility index (Phi) is 3.76. The number of rotatable bonds is 5. The van der Waals surface area contributed by atoms with Gasteiger partial charge < -0.3 is 9.73 Å². The van der Waals surface area contributed by atoms with Crippen LogP contribution in [-0.4, -0.2) is 34.0 Å². The zero-order chi connectivity index (χ0) is 15.0. The third-order valence-electron chi connectivity index (χ3n) is 5.02. The number of oxazole rings is 1. The van der Waals surface area contributed by atoms with E-state index in [-0.39, 0.29) is 0 Å². The molecule has 2 aliphatic rings. The summed E-state index contributed by atoms with van der Waals surface area (Å²) in [5.41, 5.74) is 0.518. The van der Waals surface area contributed by atoms with E-state index in [0.29, 0.717) is 11.5 Å². The summed E-state index contributed by atoms with van der Waals surface area (Å²) >= 11 is 1.73. The van der Waals surface area contributed by atoms with E-state index >= 15 is 0 Å². The Hall–Kier alpha value is -1.24. The lowest BCUT2D eigenvalue weighted by molar-refractivity contribution is 0.172. The maximum absolute atomic E-state index is 5.70. The summed E-state index contributed by atoms with van der Waals surface area (Å²) in [6.45, 7) is 5.94. The second kappa shape index (κ2) is 5.76. The van der Waals surface area contributed by atoms with E-state index in [0.717, 1.165) is 37.8 Å². The van der Waals surface area contributed by atoms with Gasteiger partial charge in [-0.25, -0.2) is 9.97 Å². The molecule has 3 heterocycles. The Morgan fingerprint density at radius 3 is 2.91 bits per heavy atom. The Bertz CT molecular complexity index is 618. The minimum Gasteiger partial charge on any atom is -0.445 e. The molecule has 4 rings (SSSR count). The molecule has 1 aliphatic heterocycles. The predicted octanol–water partition coefficient (Wildman–Crippen LogP) is 2.58. The lowest BCUT2D eigenvalue weighted by atomic mass is 9.93. The molecular weight excluding hydrogens is 296 g/mol. The zero-order valence-corrected chi connectivity index (χ0v) is 13.7. The molecule has 1 spiro atoms. The number of hydrogen-bond acceptors (Lipinski definition) is 6. The molecule has 2 aromatic rings. The number of nitrogens with zero attached hydrogens (tertiary/aromatic N) is 3. The first-order chi connectivity index (χ1) is 10.8. The molecule has 0 unspecified atom stereocenters. The normalized spacial score (nSPS) is 23.3. The first kappa shape index (κ1) is 14.4. The molecule has 0 aromatic carbocycles. The van der Waals surface area contributed by atoms with Gasteiger partial charge in [-0.3, -0.25) is 4.90 Å². The highest BCUT2D eigenvalue weighted by molar-refractivity contribution is 7.09. The van der Waals surface area contributed by atoms with Crippen molar-refractivity contribution in [2.75, 3.05) is 13.1 Å². The van der Waals surface area contributed by atoms with Crippen LogP contribution in [-0.2, 0) is 13.1 Å². The number of aryl methyl sites for hydroxylation is 1. The fourth-order valence-corrected chi connectivity index (χ4v) is 4.37. The first-order valence-corrected chi connectivity index (χ1v) is 8.88. The SMILES string of the molecule is Cc1cnc(CN(Cc2nccs2)[C@H]2CC23CCNCC3)o1. The van der Waals surface area contributed by atoms with Crippen LogP contribution in [0.25, 0.3) is 0 Å². The highest BCUT2D eigenvalue weighted by Gasteiger charge is 2.56. The molecule has 0 amide bonds. The van der Waals surface area contributed by atoms with Gasteiger partial charge in [0.1, 0.15) is 10.8 Å². The number of nitrogens with one attached hydrogen (secondary N) is 1. The van der Waals surface area contributed by atoms with Crippen molar-refractivity contribution in [3.8, 4) is 0 Å². The second-order valence-electron chi connectivity index (χ2n) is 6.53. The van der Waals surface area contributed by atoms with Gasteiger partial charge in [-0.1, -0.05) is 0 Å². The van der Waals surface area contributed by atoms with Gasteiger partial charge in [0.2, 0.25) is 5.89 Å². The maximum Gasteiger partial charge on any atom is 0.208 e. The maximum atomic E-state index is 5.70. The average Bonchev–Trinajstić information content (AvgIpc) is 2.90. The van der Waals surface area contributed by atoms with Gasteiger partial charge in [-0.2, -0.15) is 0 Å². The third kappa shape index (κ3) is 2.83. The van der Waals surface area contributed by atoms with Crippen molar-refractivity contribution in [1.29, 1.82) is 0 Å². The highest BCUT2D eigenvalue weighted by Crippen LogP contribution is 2.56. The van der Waals surface area contributed by atoms with Crippen molar-refractivity contribution < 1.29 is 4.42 Å². The number of piperidine rings is 1. The lowest BCUT2D eigenvalue weighted by Crippen LogP contribution is -2.35. The van der Waals surface area contributed by atoms with E-state index in [1.807, 2.05) is 19.3 Å². The molecule has 22 heavy (non-hydrogen) atoms. The van der Waals surface area contributed by atoms with Crippen molar-refractivity contribution in [2.45, 2.75) is 45.3 Å². The molecule has 118 valence electrons. The zero-order valence-electron chi connectivity index (χ0n) is 12.9. The number of thiazole rings is 1. The molecule has 6 heteroatoms. The van der Waals surface area contributed by atoms with Gasteiger partial charge in [0, 0.05) is 17.6 Å². The average molecular weight is 318 g/mol. The summed E-state index contributed by atoms with van der Waals surface area (Å²) in [5.74, 6) is 1.71. The number of hydrogen-bond donors (Lipinski definition) is 1. The summed E-state index contributed by atoms with van der Waals surface area (Å²) in [4.78, 5) is 11.4. The van der Waals surface area contributed by atoms with E-state index in [9.17, 15) is 0 Å². The molecule has 1 atom stereocenters. The van der Waals surface area contributed by atoms with Crippen molar-refractivity contribution in [3.63, 3.8) is 0 Å². The van der Waals surface area contributed by atoms with Crippen molar-refractivity contribution >= 4 is 11.3 Å². The topological polar surface area (TPSA) is 54.2 Å². The van der Waals surface area contributed by atoms with Gasteiger partial charge in [-0.05, 0) is 44.7 Å². The minimum atomic E-state index is 0.518. The van der Waals surface area contributed by atoms with Gasteiger partial charge in [0.25, 0.3) is 0 Å². The Morgan fingerprint density at radius 1 is 1.36 bits per heavy atom. The van der Waals surface area contributed by atoms with Gasteiger partial charge >= 0.3 is 0 Å². The fourth-order valence-electron chi connectivity index (χ4n) is 3.73. The molecule has 1 saturated carbocycles. The second-order valence-corrected chi connectivity index (χ2v) is 7.51. The van der Waals surface area contributed by atoms with Gasteiger partial charge in [-0.15, -0.1) is 11.3 Å². The standard InChI is InChI=1S/C16H22N4OS/c1-12-9-19-14(21-12)10-20(11-15-18-6-7-22-15)13-8-16(13)2-4-17-5-3-16/h6-7,9,13,17H,2-5,8,10-11H2,1H3/t13-/m0/s1. The van der Waals surface area contributed by atoms with Crippen LogP contribution in [0.3, 0.4) is 0 Å². The van der Waals surface area contributed by atoms with Crippen LogP contribution in [0.5, 0.6) is 0 Å². The van der Waals surface area contributed by atoms with E-state index in [2.05, 4.69) is 25.6 Å². The smallest absolute Gasteiger partial charge is 0.208 e. The fraction of sp³-hybridized carbons (Fsp3) is 0.625. The summed E-state index contributed by atoms with van der Waals surface area (Å²) in [6.07, 6.45) is 7.58. The van der Waals surface area contributed by atoms with Crippen LogP contribution in [0.15, 0.2) is 22.2 Å². The van der Waals surface area contributed by atoms with Crippen molar-refractivity contribution in [3.05, 3.63) is 34.4 Å². The van der Waals surface area contributed by atoms with Crippen LogP contribution in [0.4, 0.5) is 0 Å². The van der Waals surface area contributed by atoms with Crippen molar-refractivity contribution in [1.82, 2.24) is 20.2 Å². The monoisotopic (exact) mass is 318 g/mol. The molecule has 1 aliphatic carbocycles. The third-order valence-corrected chi connectivity index (χ3v) is 5.78. The van der Waals surface area contributed by atoms with E-state index < -0.39 is 0 Å². The van der Waals surface area contributed by atoms with E-state index in [1.54, 1.807) is 11.3 Å². The predicted molar refractivity (Wildman–Crippen MR) is 85.5 cm³/mol. The summed E-state index contributed by atoms with van der Waals surface area (Å²) in [6, 6.07) is 0.644. The van der Waals surface area contributed by atoms with Crippen LogP contribution < -0.4 is 5.32 Å². The molecule has 0 radical (unpaired) electrons. The molecular formula is C16H22N4OS. The summed E-state index contributed by atoms with van der Waals surface area (Å²) < 4.78 is 5.70. The van der Waals surface area contributed by atoms with Crippen LogP contribution in [0.2, 0.25) is 0 Å². The first-order valence-electron chi connectivity index (χ1n) is 8.00. The molecule has 5 nitrogen and oxygen atoms in total. The summed E-state index contributed by atoms with van der Waals surface area (Å²) in [7, 11) is 0. The largest absolute Gasteiger partial charge is 0.445 e. The lowest BCUT2D eigenvalue weighted by Gasteiger charge is -2.28. The Labute approximate surface area is 134 Å². The molecule has 0 bridgehead atoms. The Morgan fingerprint density at radius 2 is 2.23 bits per heavy atom. The Balaban J connectivity index is 1.50. The van der Waals surface area contributed by atoms with Crippen LogP contribution in [0, 0.1) is 12.3 Å². The van der Waals surface area contributed by atoms with E-state index in [4.69, 9.17) is 4.42 Å². The molecule has 2 aromatic heterocycles.